The van der Waals surface area contributed by atoms with E-state index in [1.165, 1.54) is 23.5 Å². The summed E-state index contributed by atoms with van der Waals surface area (Å²) >= 11 is 1.51. The van der Waals surface area contributed by atoms with Gasteiger partial charge >= 0.3 is 6.03 Å². The van der Waals surface area contributed by atoms with E-state index in [1.54, 1.807) is 12.1 Å². The summed E-state index contributed by atoms with van der Waals surface area (Å²) < 4.78 is 13.0. The SMILES string of the molecule is Cc1ccc(NC(=O)NCCc2csc(-c3ccc(F)cc3)n2)cc1. The van der Waals surface area contributed by atoms with E-state index in [1.807, 2.05) is 36.6 Å². The number of carbonyl (C=O) groups excluding carboxylic acids is 1. The van der Waals surface area contributed by atoms with Crippen LogP contribution in [0.4, 0.5) is 14.9 Å². The number of nitrogens with zero attached hydrogens (tertiary/aromatic N) is 1. The molecule has 0 radical (unpaired) electrons. The average Bonchev–Trinajstić information content (AvgIpc) is 3.06. The molecule has 1 aromatic heterocycles. The molecule has 2 N–H and O–H groups in total. The summed E-state index contributed by atoms with van der Waals surface area (Å²) in [6.45, 7) is 2.49. The Kier molecular flexibility index (Phi) is 5.40. The van der Waals surface area contributed by atoms with E-state index in [4.69, 9.17) is 0 Å². The van der Waals surface area contributed by atoms with E-state index in [-0.39, 0.29) is 11.8 Å². The molecule has 0 aliphatic rings. The molecule has 6 heteroatoms. The molecule has 0 saturated carbocycles. The van der Waals surface area contributed by atoms with Crippen molar-refractivity contribution in [2.45, 2.75) is 13.3 Å². The van der Waals surface area contributed by atoms with Gasteiger partial charge < -0.3 is 10.6 Å². The van der Waals surface area contributed by atoms with Crippen molar-refractivity contribution in [3.63, 3.8) is 0 Å². The molecule has 0 bridgehead atoms. The summed E-state index contributed by atoms with van der Waals surface area (Å²) in [5, 5.41) is 8.41. The Bertz CT molecular complexity index is 844. The smallest absolute Gasteiger partial charge is 0.319 e. The van der Waals surface area contributed by atoms with Crippen molar-refractivity contribution in [1.82, 2.24) is 10.3 Å². The molecule has 25 heavy (non-hydrogen) atoms. The van der Waals surface area contributed by atoms with Crippen molar-refractivity contribution in [2.24, 2.45) is 0 Å². The zero-order valence-electron chi connectivity index (χ0n) is 13.8. The molecule has 0 saturated heterocycles. The Hall–Kier alpha value is -2.73. The fraction of sp³-hybridized carbons (Fsp3) is 0.158. The van der Waals surface area contributed by atoms with Gasteiger partial charge in [0.2, 0.25) is 0 Å². The van der Waals surface area contributed by atoms with Crippen LogP contribution in [0.25, 0.3) is 10.6 Å². The summed E-state index contributed by atoms with van der Waals surface area (Å²) in [5.74, 6) is -0.260. The second kappa shape index (κ2) is 7.90. The van der Waals surface area contributed by atoms with Crippen LogP contribution in [0.2, 0.25) is 0 Å². The number of nitrogens with one attached hydrogen (secondary N) is 2. The first-order valence-corrected chi connectivity index (χ1v) is 8.80. The second-order valence-electron chi connectivity index (χ2n) is 5.65. The summed E-state index contributed by atoms with van der Waals surface area (Å²) in [6.07, 6.45) is 0.638. The van der Waals surface area contributed by atoms with Crippen molar-refractivity contribution in [2.75, 3.05) is 11.9 Å². The lowest BCUT2D eigenvalue weighted by atomic mass is 10.2. The topological polar surface area (TPSA) is 54.0 Å². The van der Waals surface area contributed by atoms with Crippen molar-refractivity contribution >= 4 is 23.1 Å². The van der Waals surface area contributed by atoms with E-state index in [0.29, 0.717) is 13.0 Å². The standard InChI is InChI=1S/C19H18FN3OS/c1-13-2-8-16(9-3-13)23-19(24)21-11-10-17-12-25-18(22-17)14-4-6-15(20)7-5-14/h2-9,12H,10-11H2,1H3,(H2,21,23,24). The van der Waals surface area contributed by atoms with E-state index >= 15 is 0 Å². The van der Waals surface area contributed by atoms with Gasteiger partial charge in [0.05, 0.1) is 5.69 Å². The minimum atomic E-state index is -0.260. The van der Waals surface area contributed by atoms with Gasteiger partial charge in [-0.3, -0.25) is 0 Å². The Morgan fingerprint density at radius 3 is 2.56 bits per heavy atom. The minimum Gasteiger partial charge on any atom is -0.337 e. The largest absolute Gasteiger partial charge is 0.337 e. The maximum Gasteiger partial charge on any atom is 0.319 e. The third-order valence-corrected chi connectivity index (χ3v) is 4.56. The van der Waals surface area contributed by atoms with Crippen molar-refractivity contribution < 1.29 is 9.18 Å². The number of rotatable bonds is 5. The number of carbonyl (C=O) groups is 1. The number of halogens is 1. The first-order chi connectivity index (χ1) is 12.1. The first kappa shape index (κ1) is 17.1. The fourth-order valence-electron chi connectivity index (χ4n) is 2.26. The summed E-state index contributed by atoms with van der Waals surface area (Å²) in [4.78, 5) is 16.4. The zero-order chi connectivity index (χ0) is 17.6. The van der Waals surface area contributed by atoms with Gasteiger partial charge in [-0.25, -0.2) is 14.2 Å². The Labute approximate surface area is 149 Å². The van der Waals surface area contributed by atoms with Gasteiger partial charge in [-0.15, -0.1) is 11.3 Å². The van der Waals surface area contributed by atoms with Crippen LogP contribution >= 0.6 is 11.3 Å². The number of thiazole rings is 1. The van der Waals surface area contributed by atoms with E-state index in [0.717, 1.165) is 27.5 Å². The van der Waals surface area contributed by atoms with Crippen LogP contribution in [0.15, 0.2) is 53.9 Å². The molecule has 0 unspecified atom stereocenters. The molecule has 1 heterocycles. The number of hydrogen-bond donors (Lipinski definition) is 2. The molecule has 128 valence electrons. The third kappa shape index (κ3) is 4.87. The maximum atomic E-state index is 13.0. The van der Waals surface area contributed by atoms with E-state index in [9.17, 15) is 9.18 Å². The molecule has 3 rings (SSSR count). The van der Waals surface area contributed by atoms with Crippen LogP contribution < -0.4 is 10.6 Å². The van der Waals surface area contributed by atoms with Crippen molar-refractivity contribution in [1.29, 1.82) is 0 Å². The number of benzene rings is 2. The molecular weight excluding hydrogens is 337 g/mol. The lowest BCUT2D eigenvalue weighted by Crippen LogP contribution is -2.30. The Balaban J connectivity index is 1.48. The highest BCUT2D eigenvalue weighted by Crippen LogP contribution is 2.23. The lowest BCUT2D eigenvalue weighted by molar-refractivity contribution is 0.252. The molecule has 4 nitrogen and oxygen atoms in total. The number of aryl methyl sites for hydroxylation is 1. The number of urea groups is 1. The van der Waals surface area contributed by atoms with Crippen LogP contribution in [0.1, 0.15) is 11.3 Å². The molecule has 0 aliphatic heterocycles. The monoisotopic (exact) mass is 355 g/mol. The van der Waals surface area contributed by atoms with E-state index in [2.05, 4.69) is 15.6 Å². The van der Waals surface area contributed by atoms with Crippen LogP contribution in [0.3, 0.4) is 0 Å². The molecular formula is C19H18FN3OS. The molecule has 2 amide bonds. The van der Waals surface area contributed by atoms with Gasteiger partial charge in [-0.05, 0) is 43.3 Å². The summed E-state index contributed by atoms with van der Waals surface area (Å²) in [7, 11) is 0. The quantitative estimate of drug-likeness (QED) is 0.701. The highest BCUT2D eigenvalue weighted by atomic mass is 32.1. The Morgan fingerprint density at radius 2 is 1.84 bits per heavy atom. The van der Waals surface area contributed by atoms with Gasteiger partial charge in [0.15, 0.2) is 0 Å². The average molecular weight is 355 g/mol. The molecule has 0 spiro atoms. The van der Waals surface area contributed by atoms with Gasteiger partial charge in [0.25, 0.3) is 0 Å². The number of hydrogen-bond acceptors (Lipinski definition) is 3. The molecule has 3 aromatic rings. The predicted molar refractivity (Wildman–Crippen MR) is 99.4 cm³/mol. The van der Waals surface area contributed by atoms with Crippen molar-refractivity contribution in [3.8, 4) is 10.6 Å². The van der Waals surface area contributed by atoms with Gasteiger partial charge in [-0.2, -0.15) is 0 Å². The number of aromatic nitrogens is 1. The van der Waals surface area contributed by atoms with Gasteiger partial charge in [-0.1, -0.05) is 17.7 Å². The van der Waals surface area contributed by atoms with Crippen LogP contribution in [-0.2, 0) is 6.42 Å². The highest BCUT2D eigenvalue weighted by molar-refractivity contribution is 7.13. The normalized spacial score (nSPS) is 10.5. The van der Waals surface area contributed by atoms with Crippen LogP contribution in [-0.4, -0.2) is 17.6 Å². The Morgan fingerprint density at radius 1 is 1.12 bits per heavy atom. The lowest BCUT2D eigenvalue weighted by Gasteiger charge is -2.07. The molecule has 0 aliphatic carbocycles. The maximum absolute atomic E-state index is 13.0. The molecule has 0 fully saturated rings. The summed E-state index contributed by atoms with van der Waals surface area (Å²) in [5.41, 5.74) is 3.70. The summed E-state index contributed by atoms with van der Waals surface area (Å²) in [6, 6.07) is 13.7. The third-order valence-electron chi connectivity index (χ3n) is 3.62. The highest BCUT2D eigenvalue weighted by Gasteiger charge is 2.06. The van der Waals surface area contributed by atoms with Gasteiger partial charge in [0.1, 0.15) is 10.8 Å². The van der Waals surface area contributed by atoms with Crippen LogP contribution in [0, 0.1) is 12.7 Å². The second-order valence-corrected chi connectivity index (χ2v) is 6.51. The fourth-order valence-corrected chi connectivity index (χ4v) is 3.12. The molecule has 2 aromatic carbocycles. The van der Waals surface area contributed by atoms with Crippen LogP contribution in [0.5, 0.6) is 0 Å². The first-order valence-electron chi connectivity index (χ1n) is 7.92. The van der Waals surface area contributed by atoms with Gasteiger partial charge in [0, 0.05) is 29.6 Å². The molecule has 0 atom stereocenters. The number of amides is 2. The predicted octanol–water partition coefficient (Wildman–Crippen LogP) is 4.62. The minimum absolute atomic E-state index is 0.238. The number of anilines is 1. The van der Waals surface area contributed by atoms with Crippen molar-refractivity contribution in [3.05, 3.63) is 71.0 Å². The zero-order valence-corrected chi connectivity index (χ0v) is 14.6. The van der Waals surface area contributed by atoms with E-state index < -0.39 is 0 Å².